The summed E-state index contributed by atoms with van der Waals surface area (Å²) in [5.74, 6) is 0.647. The van der Waals surface area contributed by atoms with Crippen LogP contribution in [0.5, 0.6) is 0 Å². The minimum atomic E-state index is 0.623. The summed E-state index contributed by atoms with van der Waals surface area (Å²) in [4.78, 5) is 4.32. The monoisotopic (exact) mass is 225 g/mol. The molecular weight excluding hydrogens is 198 g/mol. The highest BCUT2D eigenvalue weighted by atomic mass is 15.1. The maximum atomic E-state index is 5.73. The van der Waals surface area contributed by atoms with Crippen LogP contribution in [-0.2, 0) is 0 Å². The molecule has 0 radical (unpaired) electrons. The van der Waals surface area contributed by atoms with Gasteiger partial charge in [0, 0.05) is 12.6 Å². The number of nitrogens with zero attached hydrogens (tertiary/aromatic N) is 1. The molecule has 0 amide bonds. The Labute approximate surface area is 99.9 Å². The quantitative estimate of drug-likeness (QED) is 0.360. The van der Waals surface area contributed by atoms with E-state index in [9.17, 15) is 0 Å². The number of rotatable bonds is 9. The molecule has 1 aliphatic rings. The first-order valence-corrected chi connectivity index (χ1v) is 6.89. The third-order valence-corrected chi connectivity index (χ3v) is 2.97. The molecule has 1 aliphatic carbocycles. The van der Waals surface area contributed by atoms with E-state index in [1.807, 2.05) is 0 Å². The van der Waals surface area contributed by atoms with Crippen molar-refractivity contribution in [1.82, 2.24) is 5.32 Å². The molecule has 1 fully saturated rings. The van der Waals surface area contributed by atoms with Crippen molar-refractivity contribution in [2.45, 2.75) is 70.8 Å². The van der Waals surface area contributed by atoms with Crippen molar-refractivity contribution >= 4 is 5.96 Å². The van der Waals surface area contributed by atoms with Crippen molar-refractivity contribution in [3.8, 4) is 0 Å². The van der Waals surface area contributed by atoms with Crippen molar-refractivity contribution < 1.29 is 0 Å². The van der Waals surface area contributed by atoms with Crippen molar-refractivity contribution in [3.05, 3.63) is 0 Å². The molecule has 1 rings (SSSR count). The highest BCUT2D eigenvalue weighted by Crippen LogP contribution is 2.17. The Bertz CT molecular complexity index is 197. The van der Waals surface area contributed by atoms with Crippen LogP contribution >= 0.6 is 0 Å². The van der Waals surface area contributed by atoms with Crippen LogP contribution in [0.2, 0.25) is 0 Å². The molecule has 0 aromatic heterocycles. The maximum Gasteiger partial charge on any atom is 0.188 e. The molecule has 0 aliphatic heterocycles. The van der Waals surface area contributed by atoms with Gasteiger partial charge in [0.05, 0.1) is 0 Å². The van der Waals surface area contributed by atoms with Gasteiger partial charge in [0.1, 0.15) is 0 Å². The average Bonchev–Trinajstić information content (AvgIpc) is 3.06. The molecule has 0 spiro atoms. The van der Waals surface area contributed by atoms with Gasteiger partial charge in [0.2, 0.25) is 0 Å². The molecule has 16 heavy (non-hydrogen) atoms. The van der Waals surface area contributed by atoms with Crippen LogP contribution in [-0.4, -0.2) is 18.5 Å². The molecule has 0 heterocycles. The predicted octanol–water partition coefficient (Wildman–Crippen LogP) is 2.80. The largest absolute Gasteiger partial charge is 0.370 e. The first-order chi connectivity index (χ1) is 7.83. The van der Waals surface area contributed by atoms with Crippen molar-refractivity contribution in [2.75, 3.05) is 6.54 Å². The van der Waals surface area contributed by atoms with Crippen LogP contribution in [0.4, 0.5) is 0 Å². The van der Waals surface area contributed by atoms with Gasteiger partial charge in [-0.2, -0.15) is 0 Å². The second-order valence-corrected chi connectivity index (χ2v) is 4.81. The number of hydrogen-bond donors (Lipinski definition) is 2. The van der Waals surface area contributed by atoms with E-state index in [-0.39, 0.29) is 0 Å². The fraction of sp³-hybridized carbons (Fsp3) is 0.923. The van der Waals surface area contributed by atoms with Crippen molar-refractivity contribution in [1.29, 1.82) is 0 Å². The van der Waals surface area contributed by atoms with Gasteiger partial charge in [-0.15, -0.1) is 0 Å². The Balaban J connectivity index is 1.82. The summed E-state index contributed by atoms with van der Waals surface area (Å²) in [6.07, 6.45) is 11.8. The number of nitrogens with two attached hydrogens (primary N) is 1. The molecule has 0 aromatic rings. The number of nitrogens with one attached hydrogen (secondary N) is 1. The Morgan fingerprint density at radius 3 is 2.38 bits per heavy atom. The minimum absolute atomic E-state index is 0.623. The van der Waals surface area contributed by atoms with Gasteiger partial charge in [0.15, 0.2) is 5.96 Å². The Morgan fingerprint density at radius 2 is 1.75 bits per heavy atom. The van der Waals surface area contributed by atoms with E-state index in [1.54, 1.807) is 0 Å². The van der Waals surface area contributed by atoms with Crippen LogP contribution in [0, 0.1) is 0 Å². The van der Waals surface area contributed by atoms with Crippen LogP contribution in [0.25, 0.3) is 0 Å². The molecule has 94 valence electrons. The fourth-order valence-corrected chi connectivity index (χ4v) is 1.75. The summed E-state index contributed by atoms with van der Waals surface area (Å²) in [5.41, 5.74) is 5.73. The average molecular weight is 225 g/mol. The molecule has 3 heteroatoms. The van der Waals surface area contributed by atoms with Gasteiger partial charge in [-0.05, 0) is 19.3 Å². The Kier molecular flexibility index (Phi) is 7.02. The van der Waals surface area contributed by atoms with Crippen LogP contribution in [0.1, 0.15) is 64.7 Å². The number of aliphatic imine (C=N–C) groups is 1. The highest BCUT2D eigenvalue weighted by Gasteiger charge is 2.21. The highest BCUT2D eigenvalue weighted by molar-refractivity contribution is 5.78. The topological polar surface area (TPSA) is 50.4 Å². The molecular formula is C13H27N3. The Hall–Kier alpha value is -0.730. The normalized spacial score (nSPS) is 16.4. The molecule has 0 unspecified atom stereocenters. The zero-order chi connectivity index (χ0) is 11.6. The maximum absolute atomic E-state index is 5.73. The van der Waals surface area contributed by atoms with E-state index in [1.165, 1.54) is 57.8 Å². The van der Waals surface area contributed by atoms with Crippen LogP contribution < -0.4 is 11.1 Å². The van der Waals surface area contributed by atoms with E-state index in [4.69, 9.17) is 5.73 Å². The van der Waals surface area contributed by atoms with Gasteiger partial charge in [-0.1, -0.05) is 45.4 Å². The first kappa shape index (κ1) is 13.3. The van der Waals surface area contributed by atoms with E-state index in [2.05, 4.69) is 17.2 Å². The molecule has 0 atom stereocenters. The summed E-state index contributed by atoms with van der Waals surface area (Å²) < 4.78 is 0. The predicted molar refractivity (Wildman–Crippen MR) is 70.6 cm³/mol. The van der Waals surface area contributed by atoms with Gasteiger partial charge in [0.25, 0.3) is 0 Å². The lowest BCUT2D eigenvalue weighted by atomic mass is 10.1. The molecule has 3 nitrogen and oxygen atoms in total. The molecule has 0 bridgehead atoms. The zero-order valence-corrected chi connectivity index (χ0v) is 10.7. The van der Waals surface area contributed by atoms with E-state index in [0.29, 0.717) is 12.0 Å². The van der Waals surface area contributed by atoms with Crippen molar-refractivity contribution in [2.24, 2.45) is 10.7 Å². The lowest BCUT2D eigenvalue weighted by Gasteiger charge is -2.03. The second kappa shape index (κ2) is 8.43. The van der Waals surface area contributed by atoms with Gasteiger partial charge in [-0.3, -0.25) is 4.99 Å². The molecule has 0 aromatic carbocycles. The van der Waals surface area contributed by atoms with E-state index in [0.717, 1.165) is 6.54 Å². The molecule has 1 saturated carbocycles. The molecule has 3 N–H and O–H groups in total. The summed E-state index contributed by atoms with van der Waals surface area (Å²) >= 11 is 0. The van der Waals surface area contributed by atoms with Crippen LogP contribution in [0.15, 0.2) is 4.99 Å². The first-order valence-electron chi connectivity index (χ1n) is 6.89. The lowest BCUT2D eigenvalue weighted by molar-refractivity contribution is 0.592. The second-order valence-electron chi connectivity index (χ2n) is 4.81. The summed E-state index contributed by atoms with van der Waals surface area (Å²) in [6, 6.07) is 0.623. The fourth-order valence-electron chi connectivity index (χ4n) is 1.75. The number of unbranched alkanes of at least 4 members (excludes halogenated alkanes) is 6. The Morgan fingerprint density at radius 1 is 1.12 bits per heavy atom. The van der Waals surface area contributed by atoms with Gasteiger partial charge >= 0.3 is 0 Å². The number of hydrogen-bond acceptors (Lipinski definition) is 1. The van der Waals surface area contributed by atoms with Gasteiger partial charge < -0.3 is 11.1 Å². The third-order valence-electron chi connectivity index (χ3n) is 2.97. The van der Waals surface area contributed by atoms with Crippen LogP contribution in [0.3, 0.4) is 0 Å². The SMILES string of the molecule is CCCCCCCCCN=C(N)NC1CC1. The lowest BCUT2D eigenvalue weighted by Crippen LogP contribution is -2.33. The standard InChI is InChI=1S/C13H27N3/c1-2-3-4-5-6-7-8-11-15-13(14)16-12-9-10-12/h12H,2-11H2,1H3,(H3,14,15,16). The summed E-state index contributed by atoms with van der Waals surface area (Å²) in [6.45, 7) is 3.14. The minimum Gasteiger partial charge on any atom is -0.370 e. The smallest absolute Gasteiger partial charge is 0.188 e. The third kappa shape index (κ3) is 7.55. The molecule has 0 saturated heterocycles. The van der Waals surface area contributed by atoms with E-state index >= 15 is 0 Å². The van der Waals surface area contributed by atoms with Gasteiger partial charge in [-0.25, -0.2) is 0 Å². The van der Waals surface area contributed by atoms with Crippen molar-refractivity contribution in [3.63, 3.8) is 0 Å². The van der Waals surface area contributed by atoms with E-state index < -0.39 is 0 Å². The zero-order valence-electron chi connectivity index (χ0n) is 10.7. The summed E-state index contributed by atoms with van der Waals surface area (Å²) in [5, 5.41) is 3.20. The summed E-state index contributed by atoms with van der Waals surface area (Å²) in [7, 11) is 0. The number of guanidine groups is 1.